The van der Waals surface area contributed by atoms with Gasteiger partial charge in [0.1, 0.15) is 17.0 Å². The minimum Gasteiger partial charge on any atom is -0.490 e. The highest BCUT2D eigenvalue weighted by Crippen LogP contribution is 2.30. The van der Waals surface area contributed by atoms with Crippen molar-refractivity contribution in [2.24, 2.45) is 7.05 Å². The van der Waals surface area contributed by atoms with E-state index in [0.717, 1.165) is 0 Å². The molecule has 4 rings (SSSR count). The lowest BCUT2D eigenvalue weighted by Gasteiger charge is -2.08. The van der Waals surface area contributed by atoms with E-state index in [1.165, 1.54) is 40.3 Å². The fraction of sp³-hybridized carbons (Fsp3) is 0.105. The number of ether oxygens (including phenoxy) is 1. The molecule has 0 radical (unpaired) electrons. The number of rotatable bonds is 4. The maximum absolute atomic E-state index is 12.8. The van der Waals surface area contributed by atoms with E-state index >= 15 is 0 Å². The second-order valence-electron chi connectivity index (χ2n) is 6.27. The number of carbonyl (C=O) groups excluding carboxylic acids is 1. The molecule has 146 valence electrons. The van der Waals surface area contributed by atoms with Crippen LogP contribution in [0.15, 0.2) is 53.5 Å². The molecule has 3 heterocycles. The van der Waals surface area contributed by atoms with Gasteiger partial charge < -0.3 is 14.6 Å². The van der Waals surface area contributed by atoms with E-state index in [9.17, 15) is 19.7 Å². The summed E-state index contributed by atoms with van der Waals surface area (Å²) in [6.07, 6.45) is 1.60. The van der Waals surface area contributed by atoms with Crippen molar-refractivity contribution in [2.75, 3.05) is 12.4 Å². The van der Waals surface area contributed by atoms with Crippen molar-refractivity contribution in [1.82, 2.24) is 14.0 Å². The van der Waals surface area contributed by atoms with Gasteiger partial charge >= 0.3 is 5.69 Å². The van der Waals surface area contributed by atoms with Crippen molar-refractivity contribution in [3.63, 3.8) is 0 Å². The molecule has 1 N–H and O–H groups in total. The summed E-state index contributed by atoms with van der Waals surface area (Å²) in [4.78, 5) is 40.5. The molecule has 4 aromatic rings. The summed E-state index contributed by atoms with van der Waals surface area (Å²) in [6, 6.07) is 10.7. The lowest BCUT2D eigenvalue weighted by molar-refractivity contribution is -0.385. The average molecular weight is 393 g/mol. The van der Waals surface area contributed by atoms with Crippen molar-refractivity contribution in [3.8, 4) is 5.75 Å². The summed E-state index contributed by atoms with van der Waals surface area (Å²) in [6.45, 7) is 0. The summed E-state index contributed by atoms with van der Waals surface area (Å²) in [7, 11) is 2.95. The fourth-order valence-electron chi connectivity index (χ4n) is 3.14. The van der Waals surface area contributed by atoms with E-state index in [1.807, 2.05) is 0 Å². The summed E-state index contributed by atoms with van der Waals surface area (Å²) in [5.41, 5.74) is 0.686. The molecule has 0 bridgehead atoms. The molecule has 29 heavy (non-hydrogen) atoms. The summed E-state index contributed by atoms with van der Waals surface area (Å²) < 4.78 is 7.87. The van der Waals surface area contributed by atoms with Crippen LogP contribution in [-0.2, 0) is 7.05 Å². The molecule has 0 aliphatic heterocycles. The van der Waals surface area contributed by atoms with Crippen LogP contribution in [0.3, 0.4) is 0 Å². The smallest absolute Gasteiger partial charge is 0.312 e. The Bertz CT molecular complexity index is 1350. The second kappa shape index (κ2) is 6.75. The number of fused-ring (bicyclic) bond motifs is 2. The van der Waals surface area contributed by atoms with Crippen LogP contribution < -0.4 is 15.6 Å². The van der Waals surface area contributed by atoms with Crippen molar-refractivity contribution in [2.45, 2.75) is 0 Å². The van der Waals surface area contributed by atoms with Gasteiger partial charge in [-0.25, -0.2) is 4.98 Å². The van der Waals surface area contributed by atoms with Gasteiger partial charge in [-0.1, -0.05) is 6.07 Å². The maximum Gasteiger partial charge on any atom is 0.312 e. The standard InChI is InChI=1S/C19H15N5O5/c1-22-14(10-12-17(22)21-16-5-3-4-8-23(16)19(12)26)18(25)20-11-6-7-15(29-2)13(9-11)24(27)28/h3-10H,1-2H3,(H,20,25). The lowest BCUT2D eigenvalue weighted by atomic mass is 10.2. The van der Waals surface area contributed by atoms with Crippen LogP contribution >= 0.6 is 0 Å². The van der Waals surface area contributed by atoms with Gasteiger partial charge in [-0.3, -0.25) is 24.1 Å². The second-order valence-corrected chi connectivity index (χ2v) is 6.27. The highest BCUT2D eigenvalue weighted by molar-refractivity contribution is 6.06. The number of benzene rings is 1. The zero-order chi connectivity index (χ0) is 20.7. The SMILES string of the molecule is COc1ccc(NC(=O)c2cc3c(=O)n4ccccc4nc3n2C)cc1[N+](=O)[O-]. The van der Waals surface area contributed by atoms with Crippen LogP contribution in [0.5, 0.6) is 5.75 Å². The fourth-order valence-corrected chi connectivity index (χ4v) is 3.14. The van der Waals surface area contributed by atoms with Gasteiger partial charge in [-0.15, -0.1) is 0 Å². The molecular formula is C19H15N5O5. The Hall–Kier alpha value is -4.21. The molecule has 10 heteroatoms. The third-order valence-electron chi connectivity index (χ3n) is 4.58. The molecule has 0 spiro atoms. The molecule has 10 nitrogen and oxygen atoms in total. The van der Waals surface area contributed by atoms with Gasteiger partial charge in [0.2, 0.25) is 0 Å². The summed E-state index contributed by atoms with van der Waals surface area (Å²) in [5, 5.41) is 14.1. The molecule has 0 atom stereocenters. The Morgan fingerprint density at radius 2 is 2.03 bits per heavy atom. The highest BCUT2D eigenvalue weighted by atomic mass is 16.6. The van der Waals surface area contributed by atoms with Gasteiger partial charge in [0, 0.05) is 25.0 Å². The molecule has 0 saturated carbocycles. The van der Waals surface area contributed by atoms with Crippen LogP contribution in [0.4, 0.5) is 11.4 Å². The Balaban J connectivity index is 1.76. The molecule has 3 aromatic heterocycles. The van der Waals surface area contributed by atoms with E-state index in [2.05, 4.69) is 10.3 Å². The molecule has 1 amide bonds. The van der Waals surface area contributed by atoms with Gasteiger partial charge in [-0.05, 0) is 30.3 Å². The molecule has 1 aromatic carbocycles. The first-order valence-electron chi connectivity index (χ1n) is 8.51. The monoisotopic (exact) mass is 393 g/mol. The third-order valence-corrected chi connectivity index (χ3v) is 4.58. The predicted octanol–water partition coefficient (Wildman–Crippen LogP) is 2.36. The zero-order valence-electron chi connectivity index (χ0n) is 15.4. The summed E-state index contributed by atoms with van der Waals surface area (Å²) in [5.74, 6) is -0.445. The predicted molar refractivity (Wildman–Crippen MR) is 106 cm³/mol. The Labute approximate surface area is 163 Å². The zero-order valence-corrected chi connectivity index (χ0v) is 15.4. The number of nitro groups is 1. The number of hydrogen-bond donors (Lipinski definition) is 1. The number of hydrogen-bond acceptors (Lipinski definition) is 6. The quantitative estimate of drug-likeness (QED) is 0.420. The van der Waals surface area contributed by atoms with E-state index in [-0.39, 0.29) is 28.4 Å². The molecule has 0 unspecified atom stereocenters. The largest absolute Gasteiger partial charge is 0.490 e. The number of amides is 1. The maximum atomic E-state index is 12.8. The normalized spacial score (nSPS) is 11.0. The Morgan fingerprint density at radius 3 is 2.76 bits per heavy atom. The Kier molecular flexibility index (Phi) is 4.23. The third kappa shape index (κ3) is 2.96. The first-order chi connectivity index (χ1) is 13.9. The number of nitro benzene ring substituents is 1. The van der Waals surface area contributed by atoms with Crippen LogP contribution in [0.1, 0.15) is 10.5 Å². The van der Waals surface area contributed by atoms with Crippen LogP contribution in [-0.4, -0.2) is 31.9 Å². The van der Waals surface area contributed by atoms with Gasteiger partial charge in [0.15, 0.2) is 5.75 Å². The molecule has 0 aliphatic carbocycles. The first-order valence-corrected chi connectivity index (χ1v) is 8.51. The van der Waals surface area contributed by atoms with Gasteiger partial charge in [-0.2, -0.15) is 0 Å². The molecule has 0 aliphatic rings. The number of aryl methyl sites for hydroxylation is 1. The number of aromatic nitrogens is 3. The van der Waals surface area contributed by atoms with Crippen molar-refractivity contribution < 1.29 is 14.5 Å². The van der Waals surface area contributed by atoms with E-state index < -0.39 is 10.8 Å². The van der Waals surface area contributed by atoms with Crippen molar-refractivity contribution >= 4 is 34.0 Å². The minimum absolute atomic E-state index is 0.0847. The summed E-state index contributed by atoms with van der Waals surface area (Å²) >= 11 is 0. The number of nitrogens with zero attached hydrogens (tertiary/aromatic N) is 4. The number of anilines is 1. The first kappa shape index (κ1) is 18.2. The number of carbonyl (C=O) groups is 1. The average Bonchev–Trinajstić information content (AvgIpc) is 3.05. The number of nitrogens with one attached hydrogen (secondary N) is 1. The van der Waals surface area contributed by atoms with Gasteiger partial charge in [0.05, 0.1) is 17.4 Å². The lowest BCUT2D eigenvalue weighted by Crippen LogP contribution is -2.16. The van der Waals surface area contributed by atoms with Crippen molar-refractivity contribution in [3.05, 3.63) is 74.8 Å². The van der Waals surface area contributed by atoms with E-state index in [0.29, 0.717) is 16.7 Å². The molecule has 0 fully saturated rings. The highest BCUT2D eigenvalue weighted by Gasteiger charge is 2.20. The van der Waals surface area contributed by atoms with Crippen LogP contribution in [0.2, 0.25) is 0 Å². The van der Waals surface area contributed by atoms with Crippen LogP contribution in [0.25, 0.3) is 16.7 Å². The van der Waals surface area contributed by atoms with Gasteiger partial charge in [0.25, 0.3) is 11.5 Å². The minimum atomic E-state index is -0.596. The topological polar surface area (TPSA) is 121 Å². The Morgan fingerprint density at radius 1 is 1.24 bits per heavy atom. The van der Waals surface area contributed by atoms with E-state index in [1.54, 1.807) is 31.4 Å². The molecule has 0 saturated heterocycles. The van der Waals surface area contributed by atoms with Crippen LogP contribution in [0, 0.1) is 10.1 Å². The van der Waals surface area contributed by atoms with Crippen molar-refractivity contribution in [1.29, 1.82) is 0 Å². The number of pyridine rings is 1. The number of methoxy groups -OCH3 is 1. The molecular weight excluding hydrogens is 378 g/mol. The van der Waals surface area contributed by atoms with E-state index in [4.69, 9.17) is 4.74 Å².